The summed E-state index contributed by atoms with van der Waals surface area (Å²) in [6.07, 6.45) is 3.72. The van der Waals surface area contributed by atoms with Crippen LogP contribution in [0.15, 0.2) is 91.3 Å². The first kappa shape index (κ1) is 22.6. The maximum absolute atomic E-state index is 12.6. The van der Waals surface area contributed by atoms with E-state index in [2.05, 4.69) is 15.2 Å². The first-order valence-corrected chi connectivity index (χ1v) is 11.5. The molecule has 5 rings (SSSR count). The van der Waals surface area contributed by atoms with Crippen LogP contribution in [0.5, 0.6) is 5.75 Å². The quantitative estimate of drug-likeness (QED) is 0.310. The van der Waals surface area contributed by atoms with Crippen LogP contribution in [-0.2, 0) is 4.74 Å². The third kappa shape index (κ3) is 4.13. The van der Waals surface area contributed by atoms with E-state index in [4.69, 9.17) is 21.7 Å². The third-order valence-electron chi connectivity index (χ3n) is 6.08. The molecule has 0 spiro atoms. The topological polar surface area (TPSA) is 68.6 Å². The zero-order chi connectivity index (χ0) is 24.4. The Morgan fingerprint density at radius 1 is 1.00 bits per heavy atom. The molecule has 2 aromatic heterocycles. The number of pyridine rings is 1. The number of para-hydroxylation sites is 1. The first-order valence-electron chi connectivity index (χ1n) is 11.1. The number of methoxy groups -OCH3 is 2. The molecule has 0 aliphatic carbocycles. The first-order chi connectivity index (χ1) is 17.1. The van der Waals surface area contributed by atoms with Crippen LogP contribution in [-0.4, -0.2) is 34.9 Å². The molecule has 4 aromatic rings. The highest BCUT2D eigenvalue weighted by Gasteiger charge is 2.42. The van der Waals surface area contributed by atoms with Crippen molar-refractivity contribution in [3.63, 3.8) is 0 Å². The second-order valence-corrected chi connectivity index (χ2v) is 8.40. The number of nitrogens with zero attached hydrogens (tertiary/aromatic N) is 3. The number of esters is 1. The highest BCUT2D eigenvalue weighted by Crippen LogP contribution is 2.43. The van der Waals surface area contributed by atoms with Crippen molar-refractivity contribution in [3.8, 4) is 11.4 Å². The number of ether oxygens (including phenoxy) is 2. The maximum atomic E-state index is 12.6. The number of anilines is 1. The van der Waals surface area contributed by atoms with Crippen molar-refractivity contribution in [1.29, 1.82) is 0 Å². The molecule has 0 unspecified atom stereocenters. The van der Waals surface area contributed by atoms with Crippen molar-refractivity contribution < 1.29 is 14.3 Å². The molecular weight excluding hydrogens is 460 g/mol. The number of carbonyl (C=O) groups excluding carboxylic acids is 1. The van der Waals surface area contributed by atoms with Gasteiger partial charge in [-0.25, -0.2) is 4.79 Å². The van der Waals surface area contributed by atoms with Gasteiger partial charge in [0.25, 0.3) is 0 Å². The predicted octanol–water partition coefficient (Wildman–Crippen LogP) is 4.84. The minimum absolute atomic E-state index is 0.228. The average molecular weight is 485 g/mol. The number of rotatable bonds is 6. The van der Waals surface area contributed by atoms with E-state index in [0.717, 1.165) is 28.5 Å². The Balaban J connectivity index is 1.69. The van der Waals surface area contributed by atoms with Crippen molar-refractivity contribution in [1.82, 2.24) is 14.9 Å². The summed E-state index contributed by atoms with van der Waals surface area (Å²) in [5, 5.41) is 4.05. The van der Waals surface area contributed by atoms with E-state index in [1.165, 1.54) is 7.11 Å². The molecule has 0 bridgehead atoms. The minimum atomic E-state index is -0.397. The van der Waals surface area contributed by atoms with E-state index < -0.39 is 5.97 Å². The van der Waals surface area contributed by atoms with Crippen molar-refractivity contribution >= 4 is 29.0 Å². The summed E-state index contributed by atoms with van der Waals surface area (Å²) in [5.74, 6) is 0.336. The SMILES string of the molecule is COC(=O)c1ccccc1-n1cccc1[C@@H]1[C@H](c2ccccn2)NC(=S)N1c1cccc(OC)c1. The lowest BCUT2D eigenvalue weighted by atomic mass is 10.0. The standard InChI is InChI=1S/C27H24N4O3S/c1-33-19-10-7-9-18(17-19)31-25(24(29-27(31)35)21-12-5-6-15-28-21)23-14-8-16-30(23)22-13-4-3-11-20(22)26(32)34-2/h3-17,24-25H,1-2H3,(H,29,35)/t24-,25+/m0/s1. The monoisotopic (exact) mass is 484 g/mol. The molecule has 176 valence electrons. The van der Waals surface area contributed by atoms with Crippen molar-refractivity contribution in [2.24, 2.45) is 0 Å². The summed E-state index contributed by atoms with van der Waals surface area (Å²) in [4.78, 5) is 19.2. The Bertz CT molecular complexity index is 1370. The fraction of sp³-hybridized carbons (Fsp3) is 0.148. The van der Waals surface area contributed by atoms with Gasteiger partial charge in [-0.1, -0.05) is 24.3 Å². The molecule has 1 saturated heterocycles. The van der Waals surface area contributed by atoms with Gasteiger partial charge in [0, 0.05) is 29.8 Å². The number of aromatic nitrogens is 2. The molecule has 0 radical (unpaired) electrons. The van der Waals surface area contributed by atoms with Crippen molar-refractivity contribution in [3.05, 3.63) is 108 Å². The summed E-state index contributed by atoms with van der Waals surface area (Å²) in [6, 6.07) is 24.5. The van der Waals surface area contributed by atoms with Crippen LogP contribution in [0.2, 0.25) is 0 Å². The Morgan fingerprint density at radius 3 is 2.60 bits per heavy atom. The molecule has 1 aliphatic heterocycles. The minimum Gasteiger partial charge on any atom is -0.497 e. The lowest BCUT2D eigenvalue weighted by molar-refractivity contribution is 0.0600. The summed E-state index contributed by atoms with van der Waals surface area (Å²) in [6.45, 7) is 0. The second-order valence-electron chi connectivity index (χ2n) is 8.01. The van der Waals surface area contributed by atoms with E-state index in [0.29, 0.717) is 10.7 Å². The fourth-order valence-corrected chi connectivity index (χ4v) is 4.86. The molecule has 2 aromatic carbocycles. The van der Waals surface area contributed by atoms with Crippen LogP contribution < -0.4 is 15.0 Å². The Kier molecular flexibility index (Phi) is 6.20. The highest BCUT2D eigenvalue weighted by atomic mass is 32.1. The Hall–Kier alpha value is -4.17. The summed E-state index contributed by atoms with van der Waals surface area (Å²) in [5.41, 5.74) is 3.89. The fourth-order valence-electron chi connectivity index (χ4n) is 4.51. The van der Waals surface area contributed by atoms with Gasteiger partial charge in [-0.15, -0.1) is 0 Å². The number of benzene rings is 2. The summed E-state index contributed by atoms with van der Waals surface area (Å²) >= 11 is 5.84. The Labute approximate surface area is 208 Å². The molecule has 0 amide bonds. The number of nitrogens with one attached hydrogen (secondary N) is 1. The normalized spacial score (nSPS) is 17.2. The number of thiocarbonyl (C=S) groups is 1. The summed E-state index contributed by atoms with van der Waals surface area (Å²) in [7, 11) is 3.03. The molecule has 8 heteroatoms. The van der Waals surface area contributed by atoms with Gasteiger partial charge in [-0.2, -0.15) is 0 Å². The molecule has 2 atom stereocenters. The van der Waals surface area contributed by atoms with Crippen LogP contribution >= 0.6 is 12.2 Å². The van der Waals surface area contributed by atoms with E-state index >= 15 is 0 Å². The lowest BCUT2D eigenvalue weighted by Gasteiger charge is -2.29. The van der Waals surface area contributed by atoms with Gasteiger partial charge < -0.3 is 24.3 Å². The highest BCUT2D eigenvalue weighted by molar-refractivity contribution is 7.80. The van der Waals surface area contributed by atoms with E-state index in [1.54, 1.807) is 19.4 Å². The van der Waals surface area contributed by atoms with Crippen LogP contribution in [0.1, 0.15) is 33.8 Å². The van der Waals surface area contributed by atoms with Gasteiger partial charge in [0.15, 0.2) is 5.11 Å². The Morgan fingerprint density at radius 2 is 1.83 bits per heavy atom. The van der Waals surface area contributed by atoms with Crippen molar-refractivity contribution in [2.45, 2.75) is 12.1 Å². The largest absolute Gasteiger partial charge is 0.497 e. The van der Waals surface area contributed by atoms with Crippen LogP contribution in [0.4, 0.5) is 5.69 Å². The van der Waals surface area contributed by atoms with E-state index in [1.807, 2.05) is 83.6 Å². The number of hydrogen-bond acceptors (Lipinski definition) is 5. The molecule has 1 fully saturated rings. The molecule has 35 heavy (non-hydrogen) atoms. The summed E-state index contributed by atoms with van der Waals surface area (Å²) < 4.78 is 12.5. The molecule has 0 saturated carbocycles. The number of hydrogen-bond donors (Lipinski definition) is 1. The number of carbonyl (C=O) groups is 1. The second kappa shape index (κ2) is 9.60. The van der Waals surface area contributed by atoms with Crippen LogP contribution in [0.3, 0.4) is 0 Å². The van der Waals surface area contributed by atoms with Crippen molar-refractivity contribution in [2.75, 3.05) is 19.1 Å². The average Bonchev–Trinajstić information content (AvgIpc) is 3.53. The zero-order valence-electron chi connectivity index (χ0n) is 19.3. The van der Waals surface area contributed by atoms with Crippen LogP contribution in [0.25, 0.3) is 5.69 Å². The molecule has 1 N–H and O–H groups in total. The smallest absolute Gasteiger partial charge is 0.339 e. The van der Waals surface area contributed by atoms with Gasteiger partial charge >= 0.3 is 5.97 Å². The van der Waals surface area contributed by atoms with Gasteiger partial charge in [0.1, 0.15) is 11.8 Å². The molecule has 3 heterocycles. The zero-order valence-corrected chi connectivity index (χ0v) is 20.1. The molecular formula is C27H24N4O3S. The van der Waals surface area contributed by atoms with Gasteiger partial charge in [0.2, 0.25) is 0 Å². The van der Waals surface area contributed by atoms with Gasteiger partial charge in [-0.3, -0.25) is 4.98 Å². The van der Waals surface area contributed by atoms with Gasteiger partial charge in [0.05, 0.1) is 37.2 Å². The van der Waals surface area contributed by atoms with Crippen LogP contribution in [0, 0.1) is 0 Å². The van der Waals surface area contributed by atoms with Gasteiger partial charge in [-0.05, 0) is 60.7 Å². The molecule has 7 nitrogen and oxygen atoms in total. The third-order valence-corrected chi connectivity index (χ3v) is 6.40. The van der Waals surface area contributed by atoms with E-state index in [9.17, 15) is 4.79 Å². The molecule has 1 aliphatic rings. The maximum Gasteiger partial charge on any atom is 0.339 e. The lowest BCUT2D eigenvalue weighted by Crippen LogP contribution is -2.30. The predicted molar refractivity (Wildman–Crippen MR) is 138 cm³/mol. The van der Waals surface area contributed by atoms with E-state index in [-0.39, 0.29) is 12.1 Å².